The molecule has 1 aliphatic rings. The minimum Gasteiger partial charge on any atom is -0.396 e. The van der Waals surface area contributed by atoms with Gasteiger partial charge >= 0.3 is 0 Å². The average molecular weight is 309 g/mol. The molecule has 0 unspecified atom stereocenters. The van der Waals surface area contributed by atoms with Crippen molar-refractivity contribution in [1.82, 2.24) is 0 Å². The molecule has 2 heteroatoms. The van der Waals surface area contributed by atoms with Crippen molar-refractivity contribution >= 4 is 5.78 Å². The molecule has 0 aliphatic heterocycles. The topological polar surface area (TPSA) is 37.3 Å². The smallest absolute Gasteiger partial charge is 0.155 e. The van der Waals surface area contributed by atoms with Crippen molar-refractivity contribution in [1.29, 1.82) is 0 Å². The molecule has 0 aromatic rings. The van der Waals surface area contributed by atoms with Gasteiger partial charge in [0.25, 0.3) is 0 Å². The van der Waals surface area contributed by atoms with Gasteiger partial charge in [-0.1, -0.05) is 69.8 Å². The number of allylic oxidation sites excluding steroid dienone is 2. The first kappa shape index (κ1) is 19.4. The Bertz CT molecular complexity index is 307. The molecule has 0 saturated carbocycles. The third-order valence-corrected chi connectivity index (χ3v) is 4.69. The Morgan fingerprint density at radius 3 is 1.73 bits per heavy atom. The molecule has 0 aromatic carbocycles. The van der Waals surface area contributed by atoms with E-state index in [4.69, 9.17) is 5.11 Å². The molecule has 0 amide bonds. The number of carbonyl (C=O) groups excluding carboxylic acids is 1. The van der Waals surface area contributed by atoms with Crippen LogP contribution in [0.2, 0.25) is 0 Å². The van der Waals surface area contributed by atoms with Crippen molar-refractivity contribution in [2.75, 3.05) is 6.61 Å². The molecule has 0 radical (unpaired) electrons. The largest absolute Gasteiger partial charge is 0.396 e. The van der Waals surface area contributed by atoms with E-state index in [1.54, 1.807) is 0 Å². The maximum Gasteiger partial charge on any atom is 0.155 e. The van der Waals surface area contributed by atoms with Gasteiger partial charge in [0.15, 0.2) is 5.78 Å². The summed E-state index contributed by atoms with van der Waals surface area (Å²) in [6.45, 7) is 0.355. The summed E-state index contributed by atoms with van der Waals surface area (Å²) in [7, 11) is 0. The van der Waals surface area contributed by atoms with Gasteiger partial charge in [-0.15, -0.1) is 0 Å². The van der Waals surface area contributed by atoms with Crippen molar-refractivity contribution in [3.8, 4) is 0 Å². The highest BCUT2D eigenvalue weighted by atomic mass is 16.2. The molecule has 0 saturated heterocycles. The zero-order valence-electron chi connectivity index (χ0n) is 14.5. The summed E-state index contributed by atoms with van der Waals surface area (Å²) in [4.78, 5) is 11.3. The van der Waals surface area contributed by atoms with Crippen LogP contribution in [0.4, 0.5) is 0 Å². The van der Waals surface area contributed by atoms with Crippen molar-refractivity contribution in [3.63, 3.8) is 0 Å². The number of rotatable bonds is 14. The summed E-state index contributed by atoms with van der Waals surface area (Å²) in [5, 5.41) is 8.70. The van der Waals surface area contributed by atoms with Gasteiger partial charge in [-0.2, -0.15) is 0 Å². The van der Waals surface area contributed by atoms with Crippen molar-refractivity contribution in [2.45, 2.75) is 103 Å². The van der Waals surface area contributed by atoms with Crippen LogP contribution >= 0.6 is 0 Å². The second-order valence-electron chi connectivity index (χ2n) is 6.84. The second kappa shape index (κ2) is 14.0. The predicted octanol–water partition coefficient (Wildman–Crippen LogP) is 5.73. The van der Waals surface area contributed by atoms with Gasteiger partial charge in [0.2, 0.25) is 0 Å². The summed E-state index contributed by atoms with van der Waals surface area (Å²) in [6, 6.07) is 0. The standard InChI is InChI=1S/C20H36O2/c21-17-12-10-8-6-4-2-1-3-5-7-9-11-14-19-15-13-16-20(22)18-19/h18,21H,1-17H2. The first-order valence-electron chi connectivity index (χ1n) is 9.66. The van der Waals surface area contributed by atoms with Gasteiger partial charge in [-0.3, -0.25) is 4.79 Å². The molecule has 128 valence electrons. The molecule has 0 fully saturated rings. The summed E-state index contributed by atoms with van der Waals surface area (Å²) in [5.41, 5.74) is 1.40. The lowest BCUT2D eigenvalue weighted by atomic mass is 9.94. The first-order chi connectivity index (χ1) is 10.8. The molecule has 0 atom stereocenters. The fourth-order valence-corrected chi connectivity index (χ4v) is 3.29. The quantitative estimate of drug-likeness (QED) is 0.416. The van der Waals surface area contributed by atoms with Crippen LogP contribution in [0.5, 0.6) is 0 Å². The van der Waals surface area contributed by atoms with Crippen LogP contribution in [-0.4, -0.2) is 17.5 Å². The Kier molecular flexibility index (Phi) is 12.4. The lowest BCUT2D eigenvalue weighted by Crippen LogP contribution is -2.02. The van der Waals surface area contributed by atoms with Gasteiger partial charge in [-0.05, 0) is 38.2 Å². The number of aliphatic hydroxyl groups is 1. The number of aliphatic hydroxyl groups excluding tert-OH is 1. The van der Waals surface area contributed by atoms with E-state index in [1.807, 2.05) is 6.08 Å². The van der Waals surface area contributed by atoms with Gasteiger partial charge in [0, 0.05) is 13.0 Å². The molecule has 1 aliphatic carbocycles. The van der Waals surface area contributed by atoms with Crippen LogP contribution in [-0.2, 0) is 4.79 Å². The van der Waals surface area contributed by atoms with Gasteiger partial charge in [0.05, 0.1) is 0 Å². The van der Waals surface area contributed by atoms with Crippen molar-refractivity contribution < 1.29 is 9.90 Å². The molecule has 22 heavy (non-hydrogen) atoms. The number of hydrogen-bond acceptors (Lipinski definition) is 2. The Morgan fingerprint density at radius 1 is 0.727 bits per heavy atom. The summed E-state index contributed by atoms with van der Waals surface area (Å²) in [6.07, 6.45) is 21.7. The zero-order valence-corrected chi connectivity index (χ0v) is 14.5. The molecule has 0 aromatic heterocycles. The maximum atomic E-state index is 11.3. The van der Waals surface area contributed by atoms with E-state index >= 15 is 0 Å². The van der Waals surface area contributed by atoms with Crippen LogP contribution in [0.15, 0.2) is 11.6 Å². The van der Waals surface area contributed by atoms with Gasteiger partial charge in [-0.25, -0.2) is 0 Å². The lowest BCUT2D eigenvalue weighted by Gasteiger charge is -2.11. The monoisotopic (exact) mass is 308 g/mol. The molecule has 2 nitrogen and oxygen atoms in total. The fourth-order valence-electron chi connectivity index (χ4n) is 3.29. The van der Waals surface area contributed by atoms with E-state index in [1.165, 1.54) is 76.2 Å². The minimum absolute atomic E-state index is 0.345. The number of ketones is 1. The van der Waals surface area contributed by atoms with Crippen LogP contribution in [0, 0.1) is 0 Å². The van der Waals surface area contributed by atoms with E-state index in [9.17, 15) is 4.79 Å². The maximum absolute atomic E-state index is 11.3. The van der Waals surface area contributed by atoms with Crippen LogP contribution in [0.3, 0.4) is 0 Å². The van der Waals surface area contributed by atoms with E-state index in [0.29, 0.717) is 12.4 Å². The lowest BCUT2D eigenvalue weighted by molar-refractivity contribution is -0.115. The summed E-state index contributed by atoms with van der Waals surface area (Å²) in [5.74, 6) is 0.345. The third kappa shape index (κ3) is 11.0. The number of carbonyl (C=O) groups is 1. The number of unbranched alkanes of at least 4 members (excludes halogenated alkanes) is 11. The fraction of sp³-hybridized carbons (Fsp3) is 0.850. The van der Waals surface area contributed by atoms with E-state index in [2.05, 4.69) is 0 Å². The van der Waals surface area contributed by atoms with E-state index in [-0.39, 0.29) is 0 Å². The summed E-state index contributed by atoms with van der Waals surface area (Å²) < 4.78 is 0. The number of hydrogen-bond donors (Lipinski definition) is 1. The second-order valence-corrected chi connectivity index (χ2v) is 6.84. The summed E-state index contributed by atoms with van der Waals surface area (Å²) >= 11 is 0. The highest BCUT2D eigenvalue weighted by molar-refractivity contribution is 5.91. The average Bonchev–Trinajstić information content (AvgIpc) is 2.52. The normalized spacial score (nSPS) is 15.1. The Hall–Kier alpha value is -0.630. The Balaban J connectivity index is 1.77. The highest BCUT2D eigenvalue weighted by Crippen LogP contribution is 2.21. The SMILES string of the molecule is O=C1C=C(CCCCCCCCCCCCCCO)CCC1. The van der Waals surface area contributed by atoms with Crippen LogP contribution in [0.1, 0.15) is 103 Å². The minimum atomic E-state index is 0.345. The van der Waals surface area contributed by atoms with E-state index < -0.39 is 0 Å². The highest BCUT2D eigenvalue weighted by Gasteiger charge is 2.08. The third-order valence-electron chi connectivity index (χ3n) is 4.69. The molecule has 0 bridgehead atoms. The van der Waals surface area contributed by atoms with Crippen LogP contribution < -0.4 is 0 Å². The predicted molar refractivity (Wildman–Crippen MR) is 94.0 cm³/mol. The van der Waals surface area contributed by atoms with Gasteiger partial charge in [0.1, 0.15) is 0 Å². The molecule has 1 N–H and O–H groups in total. The van der Waals surface area contributed by atoms with Gasteiger partial charge < -0.3 is 5.11 Å². The van der Waals surface area contributed by atoms with E-state index in [0.717, 1.165) is 32.1 Å². The molecule has 0 spiro atoms. The molecular weight excluding hydrogens is 272 g/mol. The van der Waals surface area contributed by atoms with Crippen molar-refractivity contribution in [2.24, 2.45) is 0 Å². The van der Waals surface area contributed by atoms with Crippen LogP contribution in [0.25, 0.3) is 0 Å². The molecular formula is C20H36O2. The Labute approximate surface area is 137 Å². The molecule has 1 rings (SSSR count). The van der Waals surface area contributed by atoms with Crippen molar-refractivity contribution in [3.05, 3.63) is 11.6 Å². The zero-order chi connectivity index (χ0) is 15.9. The first-order valence-corrected chi connectivity index (χ1v) is 9.66. The molecule has 0 heterocycles. The Morgan fingerprint density at radius 2 is 1.23 bits per heavy atom.